The van der Waals surface area contributed by atoms with Crippen LogP contribution in [0.2, 0.25) is 0 Å². The number of fused-ring (bicyclic) bond motifs is 1. The summed E-state index contributed by atoms with van der Waals surface area (Å²) in [5, 5.41) is 21.2. The molecule has 1 aliphatic heterocycles. The molecule has 1 atom stereocenters. The maximum atomic E-state index is 11.7. The van der Waals surface area contributed by atoms with Gasteiger partial charge in [0.2, 0.25) is 0 Å². The minimum absolute atomic E-state index is 0.0606. The zero-order valence-corrected chi connectivity index (χ0v) is 13.8. The second-order valence-corrected chi connectivity index (χ2v) is 7.03. The summed E-state index contributed by atoms with van der Waals surface area (Å²) in [6, 6.07) is 2.02. The molecule has 0 saturated carbocycles. The summed E-state index contributed by atoms with van der Waals surface area (Å²) in [6.45, 7) is 7.86. The Morgan fingerprint density at radius 2 is 2.26 bits per heavy atom. The van der Waals surface area contributed by atoms with Crippen LogP contribution in [0, 0.1) is 0 Å². The fourth-order valence-electron chi connectivity index (χ4n) is 3.01. The predicted octanol–water partition coefficient (Wildman–Crippen LogP) is 2.26. The van der Waals surface area contributed by atoms with Gasteiger partial charge in [-0.15, -0.1) is 0 Å². The Balaban J connectivity index is 2.16. The van der Waals surface area contributed by atoms with E-state index in [1.807, 2.05) is 31.5 Å². The van der Waals surface area contributed by atoms with Crippen molar-refractivity contribution in [3.8, 4) is 0 Å². The number of carboxylic acid groups (broad SMARTS) is 1. The molecule has 124 valence electrons. The number of piperidine rings is 1. The van der Waals surface area contributed by atoms with E-state index in [1.165, 1.54) is 0 Å². The van der Waals surface area contributed by atoms with E-state index >= 15 is 0 Å². The number of nitrogens with zero attached hydrogens (tertiary/aromatic N) is 3. The van der Waals surface area contributed by atoms with E-state index in [0.717, 1.165) is 31.4 Å². The van der Waals surface area contributed by atoms with Gasteiger partial charge in [-0.3, -0.25) is 4.68 Å². The van der Waals surface area contributed by atoms with E-state index in [9.17, 15) is 9.90 Å². The molecule has 2 aromatic rings. The highest BCUT2D eigenvalue weighted by molar-refractivity contribution is 6.06. The van der Waals surface area contributed by atoms with Crippen molar-refractivity contribution in [1.82, 2.24) is 20.1 Å². The molecular formula is C16H23N5O2. The summed E-state index contributed by atoms with van der Waals surface area (Å²) in [7, 11) is 0. The number of rotatable bonds is 3. The second kappa shape index (κ2) is 5.81. The minimum atomic E-state index is -1.03. The Kier molecular flexibility index (Phi) is 3.97. The van der Waals surface area contributed by atoms with Crippen molar-refractivity contribution in [2.24, 2.45) is 0 Å². The van der Waals surface area contributed by atoms with Crippen molar-refractivity contribution in [3.63, 3.8) is 0 Å². The summed E-state index contributed by atoms with van der Waals surface area (Å²) < 4.78 is 1.85. The quantitative estimate of drug-likeness (QED) is 0.804. The van der Waals surface area contributed by atoms with Crippen molar-refractivity contribution in [3.05, 3.63) is 18.0 Å². The monoisotopic (exact) mass is 317 g/mol. The van der Waals surface area contributed by atoms with Gasteiger partial charge >= 0.3 is 5.97 Å². The lowest BCUT2D eigenvalue weighted by atomic mass is 10.1. The first-order chi connectivity index (χ1) is 10.9. The topological polar surface area (TPSA) is 92.1 Å². The summed E-state index contributed by atoms with van der Waals surface area (Å²) in [6.07, 6.45) is 3.76. The molecule has 1 fully saturated rings. The molecule has 1 saturated heterocycles. The highest BCUT2D eigenvalue weighted by Crippen LogP contribution is 2.30. The van der Waals surface area contributed by atoms with Gasteiger partial charge < -0.3 is 15.7 Å². The fraction of sp³-hybridized carbons (Fsp3) is 0.562. The number of nitrogens with one attached hydrogen (secondary N) is 2. The van der Waals surface area contributed by atoms with E-state index in [-0.39, 0.29) is 17.3 Å². The van der Waals surface area contributed by atoms with Crippen molar-refractivity contribution in [2.45, 2.75) is 45.2 Å². The van der Waals surface area contributed by atoms with Crippen LogP contribution < -0.4 is 10.6 Å². The van der Waals surface area contributed by atoms with Gasteiger partial charge in [-0.1, -0.05) is 0 Å². The lowest BCUT2D eigenvalue weighted by molar-refractivity contribution is 0.0691. The van der Waals surface area contributed by atoms with Crippen LogP contribution in [0.3, 0.4) is 0 Å². The van der Waals surface area contributed by atoms with Crippen LogP contribution in [0.25, 0.3) is 10.9 Å². The molecule has 23 heavy (non-hydrogen) atoms. The summed E-state index contributed by atoms with van der Waals surface area (Å²) in [5.41, 5.74) is 0.661. The smallest absolute Gasteiger partial charge is 0.357 e. The van der Waals surface area contributed by atoms with Crippen LogP contribution in [0.4, 0.5) is 5.82 Å². The summed E-state index contributed by atoms with van der Waals surface area (Å²) >= 11 is 0. The molecule has 0 radical (unpaired) electrons. The third-order valence-corrected chi connectivity index (χ3v) is 3.93. The molecule has 0 amide bonds. The number of hydrogen-bond acceptors (Lipinski definition) is 5. The van der Waals surface area contributed by atoms with Crippen molar-refractivity contribution in [2.75, 3.05) is 18.4 Å². The molecule has 1 aliphatic rings. The molecule has 7 heteroatoms. The number of aromatic carboxylic acids is 1. The van der Waals surface area contributed by atoms with E-state index in [1.54, 1.807) is 6.20 Å². The van der Waals surface area contributed by atoms with E-state index in [4.69, 9.17) is 0 Å². The van der Waals surface area contributed by atoms with Crippen LogP contribution in [-0.2, 0) is 0 Å². The van der Waals surface area contributed by atoms with Gasteiger partial charge in [0.25, 0.3) is 0 Å². The van der Waals surface area contributed by atoms with Crippen molar-refractivity contribution in [1.29, 1.82) is 0 Å². The number of aromatic nitrogens is 3. The van der Waals surface area contributed by atoms with E-state index in [0.29, 0.717) is 11.2 Å². The van der Waals surface area contributed by atoms with Crippen molar-refractivity contribution >= 4 is 22.7 Å². The zero-order valence-electron chi connectivity index (χ0n) is 13.8. The van der Waals surface area contributed by atoms with E-state index in [2.05, 4.69) is 20.7 Å². The first kappa shape index (κ1) is 15.7. The van der Waals surface area contributed by atoms with Gasteiger partial charge in [-0.25, -0.2) is 9.78 Å². The average molecular weight is 317 g/mol. The molecule has 2 aromatic heterocycles. The van der Waals surface area contributed by atoms with Gasteiger partial charge in [-0.05, 0) is 46.2 Å². The molecule has 7 nitrogen and oxygen atoms in total. The zero-order chi connectivity index (χ0) is 16.6. The molecule has 3 rings (SSSR count). The normalized spacial score (nSPS) is 19.0. The third kappa shape index (κ3) is 3.14. The number of hydrogen-bond donors (Lipinski definition) is 3. The highest BCUT2D eigenvalue weighted by Gasteiger charge is 2.26. The van der Waals surface area contributed by atoms with Gasteiger partial charge in [-0.2, -0.15) is 5.10 Å². The number of pyridine rings is 1. The van der Waals surface area contributed by atoms with E-state index < -0.39 is 5.97 Å². The maximum Gasteiger partial charge on any atom is 0.357 e. The largest absolute Gasteiger partial charge is 0.476 e. The van der Waals surface area contributed by atoms with Gasteiger partial charge in [0, 0.05) is 18.3 Å². The summed E-state index contributed by atoms with van der Waals surface area (Å²) in [5.74, 6) is -0.454. The second-order valence-electron chi connectivity index (χ2n) is 7.03. The number of anilines is 1. The molecule has 0 aliphatic carbocycles. The molecule has 0 spiro atoms. The van der Waals surface area contributed by atoms with Gasteiger partial charge in [0.1, 0.15) is 5.82 Å². The number of carbonyl (C=O) groups is 1. The Labute approximate surface area is 135 Å². The minimum Gasteiger partial charge on any atom is -0.476 e. The van der Waals surface area contributed by atoms with Gasteiger partial charge in [0.15, 0.2) is 5.69 Å². The standard InChI is InChI=1S/C16H23N5O2/c1-16(2,3)19-14-12-11(6-8-18-14)21(20-13(12)15(22)23)10-5-4-7-17-9-10/h6,8,10,17H,4-5,7,9H2,1-3H3,(H,18,19)(H,22,23). The predicted molar refractivity (Wildman–Crippen MR) is 89.0 cm³/mol. The highest BCUT2D eigenvalue weighted by atomic mass is 16.4. The Morgan fingerprint density at radius 3 is 2.87 bits per heavy atom. The first-order valence-corrected chi connectivity index (χ1v) is 7.96. The van der Waals surface area contributed by atoms with Crippen LogP contribution in [-0.4, -0.2) is 44.5 Å². The first-order valence-electron chi connectivity index (χ1n) is 7.96. The molecule has 3 heterocycles. The molecule has 3 N–H and O–H groups in total. The molecule has 0 bridgehead atoms. The lowest BCUT2D eigenvalue weighted by Gasteiger charge is -2.24. The number of carboxylic acids is 1. The molecular weight excluding hydrogens is 294 g/mol. The van der Waals surface area contributed by atoms with Crippen molar-refractivity contribution < 1.29 is 9.90 Å². The average Bonchev–Trinajstić information content (AvgIpc) is 2.87. The summed E-state index contributed by atoms with van der Waals surface area (Å²) in [4.78, 5) is 16.0. The van der Waals surface area contributed by atoms with Crippen LogP contribution in [0.5, 0.6) is 0 Å². The van der Waals surface area contributed by atoms with Crippen LogP contribution in [0.15, 0.2) is 12.3 Å². The van der Waals surface area contributed by atoms with Crippen LogP contribution in [0.1, 0.15) is 50.1 Å². The van der Waals surface area contributed by atoms with Gasteiger partial charge in [0.05, 0.1) is 16.9 Å². The molecule has 0 aromatic carbocycles. The SMILES string of the molecule is CC(C)(C)Nc1nccc2c1c(C(=O)O)nn2C1CCCNC1. The Hall–Kier alpha value is -2.15. The molecule has 1 unspecified atom stereocenters. The lowest BCUT2D eigenvalue weighted by Crippen LogP contribution is -2.32. The Bertz CT molecular complexity index is 726. The van der Waals surface area contributed by atoms with Crippen LogP contribution >= 0.6 is 0 Å². The fourth-order valence-corrected chi connectivity index (χ4v) is 3.01. The maximum absolute atomic E-state index is 11.7. The Morgan fingerprint density at radius 1 is 1.48 bits per heavy atom. The third-order valence-electron chi connectivity index (χ3n) is 3.93.